The molecule has 1 aromatic carbocycles. The number of nitrogens with zero attached hydrogens (tertiary/aromatic N) is 4. The number of thiophene rings is 1. The van der Waals surface area contributed by atoms with Crippen LogP contribution >= 0.6 is 11.3 Å². The van der Waals surface area contributed by atoms with Crippen LogP contribution in [0.2, 0.25) is 0 Å². The number of aliphatic carboxylic acids is 1. The molecule has 2 atom stereocenters. The highest BCUT2D eigenvalue weighted by Crippen LogP contribution is 2.25. The number of hydrogen-bond donors (Lipinski definition) is 2. The average Bonchev–Trinajstić information content (AvgIpc) is 3.73. The summed E-state index contributed by atoms with van der Waals surface area (Å²) in [6.07, 6.45) is 4.82. The molecule has 2 N–H and O–H groups in total. The fourth-order valence-electron chi connectivity index (χ4n) is 6.00. The van der Waals surface area contributed by atoms with Gasteiger partial charge in [0.25, 0.3) is 0 Å². The van der Waals surface area contributed by atoms with Crippen LogP contribution in [-0.2, 0) is 38.4 Å². The minimum atomic E-state index is -1.12. The Kier molecular flexibility index (Phi) is 10.7. The van der Waals surface area contributed by atoms with E-state index in [0.29, 0.717) is 25.0 Å². The molecule has 1 aliphatic rings. The number of hydrogen-bond acceptors (Lipinski definition) is 7. The van der Waals surface area contributed by atoms with Crippen LogP contribution in [0.1, 0.15) is 35.9 Å². The topological polar surface area (TPSA) is 136 Å². The summed E-state index contributed by atoms with van der Waals surface area (Å²) in [5.41, 5.74) is 2.61. The molecule has 242 valence electrons. The van der Waals surface area contributed by atoms with E-state index in [4.69, 9.17) is 4.74 Å². The number of nitrogens with one attached hydrogen (secondary N) is 1. The number of ether oxygens (including phenoxy) is 1. The lowest BCUT2D eigenvalue weighted by molar-refractivity contribution is -0.159. The molecule has 3 amide bonds. The number of piperazine rings is 1. The standard InChI is InChI=1S/C34H39N5O6S/c1-3-29(34(43)44)38(16-11-23-21-36-28-10-9-25(45-2)19-27(23)28)31(40)20-30-33(42)37(15-12-24-7-4-5-14-35-24)22-32(41)39(30)17-13-26-8-6-18-46-26/h4-10,14,18-19,21,29-30,36H,3,11-13,15-17,20,22H2,1-2H3,(H,43,44). The second-order valence-electron chi connectivity index (χ2n) is 11.3. The van der Waals surface area contributed by atoms with Crippen molar-refractivity contribution in [2.45, 2.75) is 51.1 Å². The van der Waals surface area contributed by atoms with Crippen LogP contribution in [0, 0.1) is 0 Å². The maximum atomic E-state index is 14.1. The van der Waals surface area contributed by atoms with Crippen LogP contribution in [-0.4, -0.2) is 98.8 Å². The van der Waals surface area contributed by atoms with Crippen molar-refractivity contribution in [1.82, 2.24) is 24.7 Å². The molecule has 2 unspecified atom stereocenters. The smallest absolute Gasteiger partial charge is 0.326 e. The van der Waals surface area contributed by atoms with Crippen molar-refractivity contribution in [1.29, 1.82) is 0 Å². The first-order chi connectivity index (χ1) is 22.3. The Balaban J connectivity index is 1.37. The Labute approximate surface area is 271 Å². The van der Waals surface area contributed by atoms with Crippen LogP contribution in [0.25, 0.3) is 10.9 Å². The molecule has 1 aliphatic heterocycles. The number of carboxylic acid groups (broad SMARTS) is 1. The number of carbonyl (C=O) groups is 4. The number of pyridine rings is 1. The first-order valence-corrected chi connectivity index (χ1v) is 16.3. The molecule has 0 bridgehead atoms. The molecule has 4 heterocycles. The van der Waals surface area contributed by atoms with E-state index in [1.54, 1.807) is 31.6 Å². The van der Waals surface area contributed by atoms with Gasteiger partial charge in [0.05, 0.1) is 20.1 Å². The number of aromatic amines is 1. The molecule has 4 aromatic rings. The lowest BCUT2D eigenvalue weighted by atomic mass is 10.0. The molecule has 46 heavy (non-hydrogen) atoms. The highest BCUT2D eigenvalue weighted by molar-refractivity contribution is 7.09. The molecule has 11 nitrogen and oxygen atoms in total. The summed E-state index contributed by atoms with van der Waals surface area (Å²) >= 11 is 1.57. The molecule has 5 rings (SSSR count). The third-order valence-corrected chi connectivity index (χ3v) is 9.43. The van der Waals surface area contributed by atoms with E-state index in [-0.39, 0.29) is 50.8 Å². The minimum Gasteiger partial charge on any atom is -0.497 e. The fraction of sp³-hybridized carbons (Fsp3) is 0.382. The van der Waals surface area contributed by atoms with Crippen molar-refractivity contribution >= 4 is 45.9 Å². The molecule has 3 aromatic heterocycles. The maximum absolute atomic E-state index is 14.1. The van der Waals surface area contributed by atoms with Crippen molar-refractivity contribution in [3.63, 3.8) is 0 Å². The first kappa shape index (κ1) is 32.7. The number of methoxy groups -OCH3 is 1. The zero-order valence-corrected chi connectivity index (χ0v) is 26.9. The van der Waals surface area contributed by atoms with Gasteiger partial charge in [0.2, 0.25) is 17.7 Å². The van der Waals surface area contributed by atoms with E-state index in [1.807, 2.05) is 60.1 Å². The van der Waals surface area contributed by atoms with E-state index in [9.17, 15) is 24.3 Å². The lowest BCUT2D eigenvalue weighted by Crippen LogP contribution is -2.62. The number of H-pyrrole nitrogens is 1. The Morgan fingerprint density at radius 2 is 1.98 bits per heavy atom. The zero-order valence-electron chi connectivity index (χ0n) is 26.1. The molecular weight excluding hydrogens is 606 g/mol. The molecular formula is C34H39N5O6S. The highest BCUT2D eigenvalue weighted by Gasteiger charge is 2.42. The van der Waals surface area contributed by atoms with Crippen molar-refractivity contribution in [2.75, 3.05) is 33.3 Å². The fourth-order valence-corrected chi connectivity index (χ4v) is 6.69. The van der Waals surface area contributed by atoms with E-state index < -0.39 is 24.0 Å². The van der Waals surface area contributed by atoms with Gasteiger partial charge in [-0.2, -0.15) is 0 Å². The summed E-state index contributed by atoms with van der Waals surface area (Å²) in [7, 11) is 1.59. The van der Waals surface area contributed by atoms with Gasteiger partial charge in [0.15, 0.2) is 0 Å². The zero-order chi connectivity index (χ0) is 32.6. The van der Waals surface area contributed by atoms with Crippen molar-refractivity contribution in [2.24, 2.45) is 0 Å². The second-order valence-corrected chi connectivity index (χ2v) is 12.3. The SMILES string of the molecule is CCC(C(=O)O)N(CCc1c[nH]c2ccc(OC)cc12)C(=O)CC1C(=O)N(CCc2ccccn2)CC(=O)N1CCc1cccs1. The molecule has 0 saturated carbocycles. The van der Waals surface area contributed by atoms with Crippen molar-refractivity contribution in [3.05, 3.63) is 82.4 Å². The number of rotatable bonds is 15. The molecule has 0 spiro atoms. The average molecular weight is 646 g/mol. The Morgan fingerprint density at radius 3 is 2.67 bits per heavy atom. The van der Waals surface area contributed by atoms with Crippen LogP contribution in [0.3, 0.4) is 0 Å². The lowest BCUT2D eigenvalue weighted by Gasteiger charge is -2.41. The quantitative estimate of drug-likeness (QED) is 0.201. The van der Waals surface area contributed by atoms with Gasteiger partial charge in [-0.25, -0.2) is 4.79 Å². The van der Waals surface area contributed by atoms with Crippen molar-refractivity contribution < 1.29 is 29.0 Å². The summed E-state index contributed by atoms with van der Waals surface area (Å²) in [4.78, 5) is 66.9. The summed E-state index contributed by atoms with van der Waals surface area (Å²) in [6.45, 7) is 2.33. The van der Waals surface area contributed by atoms with E-state index in [1.165, 1.54) is 14.7 Å². The summed E-state index contributed by atoms with van der Waals surface area (Å²) < 4.78 is 5.38. The molecule has 0 aliphatic carbocycles. The van der Waals surface area contributed by atoms with Gasteiger partial charge >= 0.3 is 5.97 Å². The van der Waals surface area contributed by atoms with Gasteiger partial charge in [0.1, 0.15) is 17.8 Å². The van der Waals surface area contributed by atoms with Gasteiger partial charge in [-0.1, -0.05) is 19.1 Å². The number of carboxylic acids is 1. The molecule has 0 radical (unpaired) electrons. The highest BCUT2D eigenvalue weighted by atomic mass is 32.1. The second kappa shape index (κ2) is 15.0. The normalized spacial score (nSPS) is 15.7. The van der Waals surface area contributed by atoms with Crippen LogP contribution in [0.15, 0.2) is 66.3 Å². The van der Waals surface area contributed by atoms with Gasteiger partial charge in [-0.05, 0) is 66.6 Å². The number of aromatic nitrogens is 2. The summed E-state index contributed by atoms with van der Waals surface area (Å²) in [5, 5.41) is 13.0. The first-order valence-electron chi connectivity index (χ1n) is 15.5. The number of fused-ring (bicyclic) bond motifs is 1. The molecule has 1 saturated heterocycles. The Morgan fingerprint density at radius 1 is 1.13 bits per heavy atom. The Hall–Kier alpha value is -4.71. The number of amides is 3. The summed E-state index contributed by atoms with van der Waals surface area (Å²) in [5.74, 6) is -1.46. The minimum absolute atomic E-state index is 0.0821. The monoisotopic (exact) mass is 645 g/mol. The number of carbonyl (C=O) groups excluding carboxylic acids is 3. The predicted octanol–water partition coefficient (Wildman–Crippen LogP) is 3.78. The largest absolute Gasteiger partial charge is 0.497 e. The van der Waals surface area contributed by atoms with Crippen LogP contribution < -0.4 is 4.74 Å². The molecule has 12 heteroatoms. The van der Waals surface area contributed by atoms with Gasteiger partial charge in [0, 0.05) is 59.9 Å². The van der Waals surface area contributed by atoms with Gasteiger partial charge < -0.3 is 29.5 Å². The van der Waals surface area contributed by atoms with E-state index >= 15 is 0 Å². The maximum Gasteiger partial charge on any atom is 0.326 e. The van der Waals surface area contributed by atoms with Crippen LogP contribution in [0.5, 0.6) is 5.75 Å². The molecule has 1 fully saturated rings. The summed E-state index contributed by atoms with van der Waals surface area (Å²) in [6, 6.07) is 13.0. The van der Waals surface area contributed by atoms with Crippen molar-refractivity contribution in [3.8, 4) is 5.75 Å². The van der Waals surface area contributed by atoms with Crippen LogP contribution in [0.4, 0.5) is 0 Å². The van der Waals surface area contributed by atoms with Gasteiger partial charge in [-0.15, -0.1) is 11.3 Å². The van der Waals surface area contributed by atoms with Gasteiger partial charge in [-0.3, -0.25) is 19.4 Å². The predicted molar refractivity (Wildman–Crippen MR) is 175 cm³/mol. The number of benzene rings is 1. The Bertz CT molecular complexity index is 1660. The third-order valence-electron chi connectivity index (χ3n) is 8.50. The van der Waals surface area contributed by atoms with E-state index in [0.717, 1.165) is 27.0 Å². The third kappa shape index (κ3) is 7.56. The van der Waals surface area contributed by atoms with E-state index in [2.05, 4.69) is 9.97 Å².